The SMILES string of the molecule is CCCC(C)CN1C(=O)C(CC)(CC)NC(=O)C1(C)C. The van der Waals surface area contributed by atoms with E-state index in [4.69, 9.17) is 0 Å². The van der Waals surface area contributed by atoms with Crippen molar-refractivity contribution in [1.82, 2.24) is 10.2 Å². The van der Waals surface area contributed by atoms with Crippen LogP contribution in [0.5, 0.6) is 0 Å². The first-order chi connectivity index (χ1) is 9.25. The Morgan fingerprint density at radius 2 is 1.70 bits per heavy atom. The summed E-state index contributed by atoms with van der Waals surface area (Å²) in [6, 6.07) is 0. The zero-order valence-corrected chi connectivity index (χ0v) is 13.9. The van der Waals surface area contributed by atoms with Crippen molar-refractivity contribution in [2.45, 2.75) is 78.3 Å². The molecule has 2 amide bonds. The third-order valence-corrected chi connectivity index (χ3v) is 4.72. The topological polar surface area (TPSA) is 49.4 Å². The van der Waals surface area contributed by atoms with Crippen LogP contribution >= 0.6 is 0 Å². The Morgan fingerprint density at radius 3 is 2.15 bits per heavy atom. The van der Waals surface area contributed by atoms with Crippen molar-refractivity contribution in [1.29, 1.82) is 0 Å². The standard InChI is InChI=1S/C16H30N2O2/c1-7-10-12(4)11-18-14(20)16(8-2,9-3)17-13(19)15(18,5)6/h12H,7-11H2,1-6H3,(H,17,19). The Bertz CT molecular complexity index is 373. The minimum atomic E-state index is -0.757. The first kappa shape index (κ1) is 17.0. The summed E-state index contributed by atoms with van der Waals surface area (Å²) in [6.07, 6.45) is 3.46. The van der Waals surface area contributed by atoms with E-state index in [2.05, 4.69) is 19.2 Å². The lowest BCUT2D eigenvalue weighted by Crippen LogP contribution is -2.74. The monoisotopic (exact) mass is 282 g/mol. The van der Waals surface area contributed by atoms with Gasteiger partial charge in [0.1, 0.15) is 11.1 Å². The third kappa shape index (κ3) is 2.84. The molecule has 0 aromatic rings. The molecule has 0 aliphatic carbocycles. The van der Waals surface area contributed by atoms with Crippen LogP contribution < -0.4 is 5.32 Å². The molecule has 0 aromatic carbocycles. The molecule has 1 aliphatic heterocycles. The normalized spacial score (nSPS) is 22.6. The summed E-state index contributed by atoms with van der Waals surface area (Å²) in [6.45, 7) is 12.6. The van der Waals surface area contributed by atoms with Crippen molar-refractivity contribution < 1.29 is 9.59 Å². The number of nitrogens with one attached hydrogen (secondary N) is 1. The zero-order valence-electron chi connectivity index (χ0n) is 13.9. The van der Waals surface area contributed by atoms with Gasteiger partial charge in [0.15, 0.2) is 0 Å². The van der Waals surface area contributed by atoms with Crippen molar-refractivity contribution >= 4 is 11.8 Å². The second-order valence-electron chi connectivity index (χ2n) is 6.61. The molecule has 4 heteroatoms. The molecule has 116 valence electrons. The van der Waals surface area contributed by atoms with Crippen LogP contribution in [0, 0.1) is 5.92 Å². The number of carbonyl (C=O) groups excluding carboxylic acids is 2. The van der Waals surface area contributed by atoms with Crippen LogP contribution in [-0.4, -0.2) is 34.3 Å². The average molecular weight is 282 g/mol. The van der Waals surface area contributed by atoms with Gasteiger partial charge in [0.05, 0.1) is 0 Å². The summed E-state index contributed by atoms with van der Waals surface area (Å²) in [5.74, 6) is 0.458. The molecular weight excluding hydrogens is 252 g/mol. The highest BCUT2D eigenvalue weighted by Gasteiger charge is 2.52. The highest BCUT2D eigenvalue weighted by Crippen LogP contribution is 2.31. The maximum Gasteiger partial charge on any atom is 0.249 e. The average Bonchev–Trinajstić information content (AvgIpc) is 2.40. The Labute approximate surface area is 123 Å². The van der Waals surface area contributed by atoms with Crippen LogP contribution in [0.3, 0.4) is 0 Å². The molecule has 1 aliphatic rings. The van der Waals surface area contributed by atoms with Gasteiger partial charge in [0.25, 0.3) is 0 Å². The van der Waals surface area contributed by atoms with Gasteiger partial charge in [0.2, 0.25) is 11.8 Å². The van der Waals surface area contributed by atoms with Crippen molar-refractivity contribution in [3.05, 3.63) is 0 Å². The first-order valence-corrected chi connectivity index (χ1v) is 7.89. The van der Waals surface area contributed by atoms with Crippen molar-refractivity contribution in [3.63, 3.8) is 0 Å². The van der Waals surface area contributed by atoms with E-state index in [0.29, 0.717) is 25.3 Å². The molecule has 0 bridgehead atoms. The van der Waals surface area contributed by atoms with E-state index in [1.165, 1.54) is 0 Å². The second kappa shape index (κ2) is 6.15. The largest absolute Gasteiger partial charge is 0.340 e. The molecular formula is C16H30N2O2. The maximum absolute atomic E-state index is 12.9. The van der Waals surface area contributed by atoms with Gasteiger partial charge >= 0.3 is 0 Å². The highest BCUT2D eigenvalue weighted by molar-refractivity contribution is 6.01. The Balaban J connectivity index is 3.08. The van der Waals surface area contributed by atoms with Gasteiger partial charge in [-0.25, -0.2) is 0 Å². The second-order valence-corrected chi connectivity index (χ2v) is 6.61. The summed E-state index contributed by atoms with van der Waals surface area (Å²) in [5.41, 5.74) is -1.47. The molecule has 0 radical (unpaired) electrons. The number of carbonyl (C=O) groups is 2. The van der Waals surface area contributed by atoms with Crippen LogP contribution in [0.2, 0.25) is 0 Å². The molecule has 1 N–H and O–H groups in total. The summed E-state index contributed by atoms with van der Waals surface area (Å²) in [7, 11) is 0. The van der Waals surface area contributed by atoms with E-state index >= 15 is 0 Å². The van der Waals surface area contributed by atoms with E-state index in [1.807, 2.05) is 27.7 Å². The predicted molar refractivity (Wildman–Crippen MR) is 81.3 cm³/mol. The van der Waals surface area contributed by atoms with Gasteiger partial charge < -0.3 is 10.2 Å². The van der Waals surface area contributed by atoms with Crippen molar-refractivity contribution in [2.24, 2.45) is 5.92 Å². The van der Waals surface area contributed by atoms with Crippen LogP contribution in [0.4, 0.5) is 0 Å². The number of hydrogen-bond donors (Lipinski definition) is 1. The van der Waals surface area contributed by atoms with E-state index < -0.39 is 11.1 Å². The number of nitrogens with zero attached hydrogens (tertiary/aromatic N) is 1. The van der Waals surface area contributed by atoms with Crippen molar-refractivity contribution in [3.8, 4) is 0 Å². The van der Waals surface area contributed by atoms with E-state index in [9.17, 15) is 9.59 Å². The third-order valence-electron chi connectivity index (χ3n) is 4.72. The van der Waals surface area contributed by atoms with E-state index in [0.717, 1.165) is 12.8 Å². The summed E-state index contributed by atoms with van der Waals surface area (Å²) in [4.78, 5) is 27.2. The summed E-state index contributed by atoms with van der Waals surface area (Å²) in [5, 5.41) is 2.97. The minimum Gasteiger partial charge on any atom is -0.340 e. The molecule has 20 heavy (non-hydrogen) atoms. The smallest absolute Gasteiger partial charge is 0.249 e. The van der Waals surface area contributed by atoms with Gasteiger partial charge in [-0.15, -0.1) is 0 Å². The summed E-state index contributed by atoms with van der Waals surface area (Å²) >= 11 is 0. The number of hydrogen-bond acceptors (Lipinski definition) is 2. The molecule has 0 saturated carbocycles. The van der Waals surface area contributed by atoms with Gasteiger partial charge in [-0.3, -0.25) is 9.59 Å². The van der Waals surface area contributed by atoms with E-state index in [-0.39, 0.29) is 11.8 Å². The van der Waals surface area contributed by atoms with E-state index in [1.54, 1.807) is 4.90 Å². The van der Waals surface area contributed by atoms with Crippen LogP contribution in [0.25, 0.3) is 0 Å². The van der Waals surface area contributed by atoms with Gasteiger partial charge in [-0.1, -0.05) is 34.1 Å². The van der Waals surface area contributed by atoms with Gasteiger partial charge in [0, 0.05) is 6.54 Å². The fraction of sp³-hybridized carbons (Fsp3) is 0.875. The molecule has 1 fully saturated rings. The quantitative estimate of drug-likeness (QED) is 0.814. The lowest BCUT2D eigenvalue weighted by molar-refractivity contribution is -0.162. The molecule has 1 saturated heterocycles. The molecule has 1 unspecified atom stereocenters. The molecule has 4 nitrogen and oxygen atoms in total. The zero-order chi connectivity index (χ0) is 15.6. The number of amides is 2. The Kier molecular flexibility index (Phi) is 5.22. The molecule has 1 rings (SSSR count). The molecule has 0 spiro atoms. The Hall–Kier alpha value is -1.06. The molecule has 0 aromatic heterocycles. The molecule has 1 heterocycles. The van der Waals surface area contributed by atoms with Gasteiger partial charge in [-0.2, -0.15) is 0 Å². The minimum absolute atomic E-state index is 0.0375. The molecule has 1 atom stereocenters. The van der Waals surface area contributed by atoms with Crippen LogP contribution in [-0.2, 0) is 9.59 Å². The number of rotatable bonds is 6. The Morgan fingerprint density at radius 1 is 1.15 bits per heavy atom. The van der Waals surface area contributed by atoms with Crippen LogP contribution in [0.1, 0.15) is 67.2 Å². The summed E-state index contributed by atoms with van der Waals surface area (Å²) < 4.78 is 0. The lowest BCUT2D eigenvalue weighted by Gasteiger charge is -2.50. The lowest BCUT2D eigenvalue weighted by atomic mass is 9.82. The number of piperazine rings is 1. The predicted octanol–water partition coefficient (Wildman–Crippen LogP) is 2.72. The highest BCUT2D eigenvalue weighted by atomic mass is 16.2. The first-order valence-electron chi connectivity index (χ1n) is 7.89. The van der Waals surface area contributed by atoms with Gasteiger partial charge in [-0.05, 0) is 39.0 Å². The van der Waals surface area contributed by atoms with Crippen LogP contribution in [0.15, 0.2) is 0 Å². The fourth-order valence-corrected chi connectivity index (χ4v) is 2.99. The van der Waals surface area contributed by atoms with Crippen molar-refractivity contribution in [2.75, 3.05) is 6.54 Å². The fourth-order valence-electron chi connectivity index (χ4n) is 2.99. The maximum atomic E-state index is 12.9.